The van der Waals surface area contributed by atoms with Crippen LogP contribution in [0.4, 0.5) is 26.3 Å². The Hall–Kier alpha value is -0.460. The van der Waals surface area contributed by atoms with E-state index in [1.54, 1.807) is 0 Å². The van der Waals surface area contributed by atoms with Crippen LogP contribution in [0.1, 0.15) is 6.42 Å². The minimum Gasteiger partial charge on any atom is -0.318 e. The summed E-state index contributed by atoms with van der Waals surface area (Å²) in [4.78, 5) is 0. The van der Waals surface area contributed by atoms with Crippen LogP contribution >= 0.6 is 0 Å². The van der Waals surface area contributed by atoms with Gasteiger partial charge in [-0.3, -0.25) is 0 Å². The molecule has 7 heteroatoms. The molecule has 0 amide bonds. The molecule has 1 unspecified atom stereocenters. The van der Waals surface area contributed by atoms with Gasteiger partial charge in [-0.25, -0.2) is 4.39 Å². The van der Waals surface area contributed by atoms with Crippen molar-refractivity contribution in [3.05, 3.63) is 6.92 Å². The van der Waals surface area contributed by atoms with E-state index >= 15 is 0 Å². The topological polar surface area (TPSA) is 9.23 Å². The molecule has 0 saturated carbocycles. The van der Waals surface area contributed by atoms with Crippen LogP contribution in [0.5, 0.6) is 0 Å². The largest absolute Gasteiger partial charge is 0.428 e. The summed E-state index contributed by atoms with van der Waals surface area (Å²) >= 11 is 0. The molecule has 0 bridgehead atoms. The van der Waals surface area contributed by atoms with Gasteiger partial charge in [0.05, 0.1) is 6.61 Å². The Bertz CT molecular complexity index is 154. The van der Waals surface area contributed by atoms with E-state index in [4.69, 9.17) is 0 Å². The molecule has 0 spiro atoms. The molecule has 0 N–H and O–H groups in total. The van der Waals surface area contributed by atoms with Crippen LogP contribution in [-0.2, 0) is 4.74 Å². The summed E-state index contributed by atoms with van der Waals surface area (Å²) in [7, 11) is 0. The van der Waals surface area contributed by atoms with Gasteiger partial charge in [0, 0.05) is 0 Å². The Morgan fingerprint density at radius 3 is 1.92 bits per heavy atom. The molecule has 79 valence electrons. The Balaban J connectivity index is 4.27. The predicted octanol–water partition coefficient (Wildman–Crippen LogP) is 2.72. The van der Waals surface area contributed by atoms with Crippen LogP contribution in [0.15, 0.2) is 0 Å². The minimum atomic E-state index is -5.62. The van der Waals surface area contributed by atoms with Crippen molar-refractivity contribution >= 4 is 0 Å². The molecule has 0 aliphatic heterocycles. The number of hydrogen-bond acceptors (Lipinski definition) is 1. The average Bonchev–Trinajstić information content (AvgIpc) is 1.98. The molecular weight excluding hydrogens is 202 g/mol. The molecule has 0 fully saturated rings. The number of rotatable bonds is 4. The summed E-state index contributed by atoms with van der Waals surface area (Å²) in [6, 6.07) is 0. The summed E-state index contributed by atoms with van der Waals surface area (Å²) in [6.07, 6.45) is -14.9. The Labute approximate surface area is 70.7 Å². The monoisotopic (exact) mass is 209 g/mol. The highest BCUT2D eigenvalue weighted by Gasteiger charge is 2.58. The lowest BCUT2D eigenvalue weighted by molar-refractivity contribution is -0.335. The van der Waals surface area contributed by atoms with Gasteiger partial charge in [-0.05, 0) is 6.42 Å². The lowest BCUT2D eigenvalue weighted by Crippen LogP contribution is -2.43. The lowest BCUT2D eigenvalue weighted by Gasteiger charge is -2.21. The second-order valence-electron chi connectivity index (χ2n) is 2.17. The molecule has 0 aliphatic carbocycles. The van der Waals surface area contributed by atoms with Crippen molar-refractivity contribution in [3.8, 4) is 0 Å². The quantitative estimate of drug-likeness (QED) is 0.647. The van der Waals surface area contributed by atoms with E-state index in [-0.39, 0.29) is 6.42 Å². The van der Waals surface area contributed by atoms with Crippen LogP contribution in [0.2, 0.25) is 0 Å². The zero-order chi connectivity index (χ0) is 10.7. The van der Waals surface area contributed by atoms with Gasteiger partial charge >= 0.3 is 12.3 Å². The maximum absolute atomic E-state index is 12.2. The normalized spacial score (nSPS) is 15.9. The Kier molecular flexibility index (Phi) is 4.02. The van der Waals surface area contributed by atoms with Gasteiger partial charge in [-0.15, -0.1) is 0 Å². The first-order valence-electron chi connectivity index (χ1n) is 3.23. The third-order valence-electron chi connectivity index (χ3n) is 1.02. The third-order valence-corrected chi connectivity index (χ3v) is 1.02. The highest BCUT2D eigenvalue weighted by Crippen LogP contribution is 2.35. The summed E-state index contributed by atoms with van der Waals surface area (Å²) in [5.41, 5.74) is 0. The molecule has 0 saturated heterocycles. The van der Waals surface area contributed by atoms with Crippen molar-refractivity contribution in [1.82, 2.24) is 0 Å². The van der Waals surface area contributed by atoms with E-state index in [1.165, 1.54) is 0 Å². The van der Waals surface area contributed by atoms with Crippen molar-refractivity contribution in [2.24, 2.45) is 0 Å². The summed E-state index contributed by atoms with van der Waals surface area (Å²) < 4.78 is 73.9. The maximum Gasteiger partial charge on any atom is 0.428 e. The fourth-order valence-corrected chi connectivity index (χ4v) is 0.472. The zero-order valence-corrected chi connectivity index (χ0v) is 6.37. The second-order valence-corrected chi connectivity index (χ2v) is 2.17. The second kappa shape index (κ2) is 4.17. The number of hydrogen-bond donors (Lipinski definition) is 0. The molecule has 0 aromatic carbocycles. The van der Waals surface area contributed by atoms with Gasteiger partial charge < -0.3 is 4.74 Å². The fourth-order valence-electron chi connectivity index (χ4n) is 0.472. The van der Waals surface area contributed by atoms with Gasteiger partial charge in [0.25, 0.3) is 6.17 Å². The van der Waals surface area contributed by atoms with Crippen LogP contribution in [0, 0.1) is 6.92 Å². The molecular formula is C6H7F6O. The van der Waals surface area contributed by atoms with E-state index < -0.39 is 25.1 Å². The molecule has 0 aromatic rings. The molecule has 1 atom stereocenters. The predicted molar refractivity (Wildman–Crippen MR) is 31.8 cm³/mol. The molecule has 13 heavy (non-hydrogen) atoms. The first-order valence-corrected chi connectivity index (χ1v) is 3.23. The van der Waals surface area contributed by atoms with Crippen LogP contribution in [-0.4, -0.2) is 25.1 Å². The van der Waals surface area contributed by atoms with Crippen molar-refractivity contribution in [2.45, 2.75) is 24.9 Å². The minimum absolute atomic E-state index is 0.167. The smallest absolute Gasteiger partial charge is 0.318 e. The van der Waals surface area contributed by atoms with Crippen LogP contribution in [0.25, 0.3) is 0 Å². The maximum atomic E-state index is 12.2. The van der Waals surface area contributed by atoms with E-state index in [0.717, 1.165) is 0 Å². The van der Waals surface area contributed by atoms with E-state index in [1.807, 2.05) is 0 Å². The number of alkyl halides is 6. The average molecular weight is 209 g/mol. The highest BCUT2D eigenvalue weighted by atomic mass is 19.4. The molecule has 0 heterocycles. The first kappa shape index (κ1) is 12.5. The summed E-state index contributed by atoms with van der Waals surface area (Å²) in [6.45, 7) is 2.32. The van der Waals surface area contributed by atoms with Crippen molar-refractivity contribution in [1.29, 1.82) is 0 Å². The Morgan fingerprint density at radius 2 is 1.62 bits per heavy atom. The van der Waals surface area contributed by atoms with Crippen molar-refractivity contribution in [2.75, 3.05) is 6.61 Å². The summed E-state index contributed by atoms with van der Waals surface area (Å²) in [5, 5.41) is 0. The zero-order valence-electron chi connectivity index (χ0n) is 6.37. The van der Waals surface area contributed by atoms with E-state index in [2.05, 4.69) is 11.7 Å². The van der Waals surface area contributed by atoms with Gasteiger partial charge in [0.2, 0.25) is 0 Å². The molecule has 0 aromatic heterocycles. The molecule has 0 aliphatic rings. The number of halogens is 6. The van der Waals surface area contributed by atoms with Crippen molar-refractivity contribution < 1.29 is 31.1 Å². The van der Waals surface area contributed by atoms with Crippen molar-refractivity contribution in [3.63, 3.8) is 0 Å². The molecule has 1 radical (unpaired) electrons. The lowest BCUT2D eigenvalue weighted by atomic mass is 10.3. The highest BCUT2D eigenvalue weighted by molar-refractivity contribution is 4.75. The fraction of sp³-hybridized carbons (Fsp3) is 0.833. The molecule has 1 nitrogen and oxygen atoms in total. The van der Waals surface area contributed by atoms with Crippen LogP contribution < -0.4 is 0 Å². The first-order chi connectivity index (χ1) is 5.72. The standard InChI is InChI=1S/C6H7F6O/c1-2-3-13-6(11,12)4(7)5(8,9)10/h4H,1-3H2. The molecule has 0 rings (SSSR count). The number of ether oxygens (including phenoxy) is 1. The third kappa shape index (κ3) is 3.84. The van der Waals surface area contributed by atoms with E-state index in [0.29, 0.717) is 0 Å². The van der Waals surface area contributed by atoms with Gasteiger partial charge in [0.1, 0.15) is 0 Å². The van der Waals surface area contributed by atoms with Gasteiger partial charge in [-0.2, -0.15) is 22.0 Å². The summed E-state index contributed by atoms with van der Waals surface area (Å²) in [5.74, 6) is 0. The Morgan fingerprint density at radius 1 is 1.15 bits per heavy atom. The van der Waals surface area contributed by atoms with Gasteiger partial charge in [0.15, 0.2) is 0 Å². The van der Waals surface area contributed by atoms with Gasteiger partial charge in [-0.1, -0.05) is 6.92 Å². The van der Waals surface area contributed by atoms with E-state index in [9.17, 15) is 26.3 Å². The SMILES string of the molecule is [CH2]CCOC(F)(F)C(F)C(F)(F)F. The van der Waals surface area contributed by atoms with Crippen LogP contribution in [0.3, 0.4) is 0 Å².